The van der Waals surface area contributed by atoms with Gasteiger partial charge in [0, 0.05) is 38.3 Å². The number of anilines is 1. The molecule has 3 aromatic carbocycles. The summed E-state index contributed by atoms with van der Waals surface area (Å²) in [6.07, 6.45) is 3.30. The maximum atomic E-state index is 13.4. The molecule has 0 saturated carbocycles. The van der Waals surface area contributed by atoms with E-state index in [0.29, 0.717) is 24.3 Å². The maximum Gasteiger partial charge on any atom is 0.255 e. The van der Waals surface area contributed by atoms with E-state index in [0.717, 1.165) is 39.7 Å². The number of aliphatic hydroxyl groups is 1. The first kappa shape index (κ1) is 24.4. The van der Waals surface area contributed by atoms with E-state index in [9.17, 15) is 9.90 Å². The Morgan fingerprint density at radius 3 is 2.54 bits per heavy atom. The Balaban J connectivity index is 0.00000361. The van der Waals surface area contributed by atoms with E-state index in [1.807, 2.05) is 86.7 Å². The van der Waals surface area contributed by atoms with Gasteiger partial charge in [-0.25, -0.2) is 0 Å². The second-order valence-corrected chi connectivity index (χ2v) is 8.92. The van der Waals surface area contributed by atoms with Gasteiger partial charge in [0.05, 0.1) is 24.8 Å². The molecule has 4 aromatic rings. The molecule has 0 radical (unpaired) electrons. The molecule has 35 heavy (non-hydrogen) atoms. The summed E-state index contributed by atoms with van der Waals surface area (Å²) in [6, 6.07) is 21.5. The molecule has 1 heterocycles. The molecule has 0 aliphatic carbocycles. The zero-order chi connectivity index (χ0) is 24.8. The molecule has 0 fully saturated rings. The second kappa shape index (κ2) is 11.1. The summed E-state index contributed by atoms with van der Waals surface area (Å²) >= 11 is 0. The number of H-pyrrole nitrogens is 1. The summed E-state index contributed by atoms with van der Waals surface area (Å²) in [6.45, 7) is 2.39. The lowest BCUT2D eigenvalue weighted by Gasteiger charge is -2.19. The number of carbonyl (C=O) groups excluding carboxylic acids is 1. The number of para-hydroxylation sites is 1. The van der Waals surface area contributed by atoms with Gasteiger partial charge in [-0.1, -0.05) is 43.3 Å². The Morgan fingerprint density at radius 1 is 1.09 bits per heavy atom. The molecular weight excluding hydrogens is 438 g/mol. The van der Waals surface area contributed by atoms with Gasteiger partial charge in [0.2, 0.25) is 0 Å². The molecule has 1 aromatic heterocycles. The largest absolute Gasteiger partial charge is 0.493 e. The molecule has 1 amide bonds. The van der Waals surface area contributed by atoms with E-state index >= 15 is 0 Å². The van der Waals surface area contributed by atoms with Crippen LogP contribution in [0.5, 0.6) is 5.75 Å². The summed E-state index contributed by atoms with van der Waals surface area (Å²) in [5.74, 6) is 0.281. The van der Waals surface area contributed by atoms with Crippen LogP contribution in [0.1, 0.15) is 30.7 Å². The van der Waals surface area contributed by atoms with E-state index in [4.69, 9.17) is 4.74 Å². The predicted molar refractivity (Wildman–Crippen MR) is 144 cm³/mol. The summed E-state index contributed by atoms with van der Waals surface area (Å²) in [5, 5.41) is 14.2. The quantitative estimate of drug-likeness (QED) is 0.293. The number of aliphatic hydroxyl groups excluding tert-OH is 1. The first-order valence-electron chi connectivity index (χ1n) is 12.0. The average Bonchev–Trinajstić information content (AvgIpc) is 3.29. The van der Waals surface area contributed by atoms with Gasteiger partial charge in [0.25, 0.3) is 5.91 Å². The number of nitrogens with one attached hydrogen (secondary N) is 2. The van der Waals surface area contributed by atoms with Gasteiger partial charge in [-0.15, -0.1) is 0 Å². The van der Waals surface area contributed by atoms with Crippen molar-refractivity contribution in [1.29, 1.82) is 0 Å². The van der Waals surface area contributed by atoms with Crippen molar-refractivity contribution in [3.8, 4) is 16.9 Å². The normalized spacial score (nSPS) is 11.9. The number of hydrogen-bond acceptors (Lipinski definition) is 4. The molecule has 0 bridgehead atoms. The summed E-state index contributed by atoms with van der Waals surface area (Å²) in [5.41, 5.74) is 5.61. The van der Waals surface area contributed by atoms with E-state index < -0.39 is 6.04 Å². The van der Waals surface area contributed by atoms with Crippen LogP contribution in [0.25, 0.3) is 22.0 Å². The Hall–Kier alpha value is -3.77. The smallest absolute Gasteiger partial charge is 0.255 e. The van der Waals surface area contributed by atoms with Gasteiger partial charge >= 0.3 is 0 Å². The van der Waals surface area contributed by atoms with Crippen molar-refractivity contribution in [2.75, 3.05) is 32.2 Å². The number of fused-ring (bicyclic) bond motifs is 1. The van der Waals surface area contributed by atoms with Crippen molar-refractivity contribution in [1.82, 2.24) is 10.3 Å². The van der Waals surface area contributed by atoms with Crippen molar-refractivity contribution in [2.24, 2.45) is 0 Å². The number of amides is 1. The molecule has 6 nitrogen and oxygen atoms in total. The number of nitrogens with zero attached hydrogens (tertiary/aromatic N) is 1. The number of benzene rings is 3. The van der Waals surface area contributed by atoms with Crippen molar-refractivity contribution in [3.63, 3.8) is 0 Å². The Kier molecular flexibility index (Phi) is 7.73. The van der Waals surface area contributed by atoms with E-state index in [-0.39, 0.29) is 13.9 Å². The monoisotopic (exact) mass is 473 g/mol. The maximum absolute atomic E-state index is 13.4. The lowest BCUT2D eigenvalue weighted by Crippen LogP contribution is -2.39. The molecule has 0 spiro atoms. The number of ether oxygens (including phenoxy) is 1. The van der Waals surface area contributed by atoms with Gasteiger partial charge in [0.1, 0.15) is 5.75 Å². The highest BCUT2D eigenvalue weighted by molar-refractivity contribution is 5.98. The third-order valence-corrected chi connectivity index (χ3v) is 6.10. The van der Waals surface area contributed by atoms with Gasteiger partial charge < -0.3 is 25.0 Å². The number of aromatic nitrogens is 1. The topological polar surface area (TPSA) is 77.6 Å². The summed E-state index contributed by atoms with van der Waals surface area (Å²) in [7, 11) is 4.01. The fourth-order valence-electron chi connectivity index (χ4n) is 4.17. The predicted octanol–water partition coefficient (Wildman–Crippen LogP) is 5.27. The first-order valence-corrected chi connectivity index (χ1v) is 12.0. The van der Waals surface area contributed by atoms with Crippen LogP contribution in [0.15, 0.2) is 72.9 Å². The van der Waals surface area contributed by atoms with Crippen molar-refractivity contribution in [3.05, 3.63) is 84.1 Å². The third kappa shape index (κ3) is 5.66. The van der Waals surface area contributed by atoms with E-state index in [1.54, 1.807) is 0 Å². The van der Waals surface area contributed by atoms with Gasteiger partial charge in [-0.05, 0) is 59.9 Å². The molecule has 4 rings (SSSR count). The SMILES string of the molecule is CCCOc1ccc(-c2ccc(N(C)C)cc2)cc1C(=O)N[C@@H](CO)Cc1c[nH]c2ccccc12.[HH]. The molecule has 1 atom stereocenters. The standard InChI is InChI=1S/C29H33N3O3.H2/c1-4-15-35-28-14-11-21(20-9-12-24(13-10-20)32(2)3)17-26(28)29(34)31-23(19-33)16-22-18-30-27-8-6-5-7-25(22)27;/h5-14,17-18,23,30,33H,4,15-16,19H2,1-3H3,(H,31,34);1H/t23-;/m1./s1. The van der Waals surface area contributed by atoms with Crippen molar-refractivity contribution >= 4 is 22.5 Å². The van der Waals surface area contributed by atoms with Crippen molar-refractivity contribution < 1.29 is 16.1 Å². The lowest BCUT2D eigenvalue weighted by molar-refractivity contribution is 0.0912. The highest BCUT2D eigenvalue weighted by atomic mass is 16.5. The van der Waals surface area contributed by atoms with Crippen LogP contribution >= 0.6 is 0 Å². The highest BCUT2D eigenvalue weighted by Crippen LogP contribution is 2.29. The average molecular weight is 474 g/mol. The van der Waals surface area contributed by atoms with Crippen LogP contribution in [0.4, 0.5) is 5.69 Å². The van der Waals surface area contributed by atoms with Gasteiger partial charge in [0.15, 0.2) is 0 Å². The highest BCUT2D eigenvalue weighted by Gasteiger charge is 2.19. The van der Waals surface area contributed by atoms with Gasteiger partial charge in [-0.2, -0.15) is 0 Å². The van der Waals surface area contributed by atoms with Crippen LogP contribution in [0, 0.1) is 0 Å². The minimum Gasteiger partial charge on any atom is -0.493 e. The number of rotatable bonds is 10. The zero-order valence-corrected chi connectivity index (χ0v) is 20.5. The summed E-state index contributed by atoms with van der Waals surface area (Å²) < 4.78 is 5.89. The second-order valence-electron chi connectivity index (χ2n) is 8.92. The van der Waals surface area contributed by atoms with Crippen LogP contribution in [-0.2, 0) is 6.42 Å². The Labute approximate surface area is 208 Å². The third-order valence-electron chi connectivity index (χ3n) is 6.10. The molecule has 3 N–H and O–H groups in total. The Bertz CT molecular complexity index is 1280. The first-order chi connectivity index (χ1) is 17.0. The molecule has 0 saturated heterocycles. The van der Waals surface area contributed by atoms with Gasteiger partial charge in [-0.3, -0.25) is 4.79 Å². The van der Waals surface area contributed by atoms with E-state index in [2.05, 4.69) is 22.4 Å². The number of aromatic amines is 1. The van der Waals surface area contributed by atoms with Crippen molar-refractivity contribution in [2.45, 2.75) is 25.8 Å². The van der Waals surface area contributed by atoms with Crippen LogP contribution in [-0.4, -0.2) is 49.3 Å². The molecule has 0 unspecified atom stereocenters. The summed E-state index contributed by atoms with van der Waals surface area (Å²) in [4.78, 5) is 18.7. The minimum atomic E-state index is -0.427. The molecule has 184 valence electrons. The number of hydrogen-bond donors (Lipinski definition) is 3. The molecule has 6 heteroatoms. The lowest BCUT2D eigenvalue weighted by atomic mass is 10.0. The van der Waals surface area contributed by atoms with E-state index in [1.165, 1.54) is 0 Å². The number of carbonyl (C=O) groups is 1. The zero-order valence-electron chi connectivity index (χ0n) is 20.5. The molecule has 0 aliphatic heterocycles. The van der Waals surface area contributed by atoms with Crippen LogP contribution in [0.3, 0.4) is 0 Å². The van der Waals surface area contributed by atoms with Crippen LogP contribution < -0.4 is 15.0 Å². The Morgan fingerprint density at radius 2 is 1.83 bits per heavy atom. The minimum absolute atomic E-state index is 0. The fourth-order valence-corrected chi connectivity index (χ4v) is 4.17. The van der Waals surface area contributed by atoms with Crippen LogP contribution in [0.2, 0.25) is 0 Å². The molecule has 0 aliphatic rings. The molecular formula is C29H35N3O3. The fraction of sp³-hybridized carbons (Fsp3) is 0.276.